The molecule has 5 nitrogen and oxygen atoms in total. The highest BCUT2D eigenvalue weighted by molar-refractivity contribution is 5.90. The molecule has 0 aliphatic heterocycles. The lowest BCUT2D eigenvalue weighted by atomic mass is 9.65. The predicted octanol–water partition coefficient (Wildman–Crippen LogP) is 1.44. The van der Waals surface area contributed by atoms with Gasteiger partial charge in [0.05, 0.1) is 6.10 Å². The number of hydrogen-bond donors (Lipinski definition) is 4. The first-order valence-corrected chi connectivity index (χ1v) is 8.63. The Bertz CT molecular complexity index is 716. The first kappa shape index (κ1) is 20.3. The highest BCUT2D eigenvalue weighted by Crippen LogP contribution is 2.41. The number of aliphatic hydroxyl groups is 4. The maximum atomic E-state index is 12.6. The molecule has 0 fully saturated rings. The van der Waals surface area contributed by atoms with E-state index in [2.05, 4.69) is 0 Å². The van der Waals surface area contributed by atoms with Crippen LogP contribution >= 0.6 is 0 Å². The SMILES string of the molecule is CC(c1ccccc1)[C@@](O)([C@H](C)O)[C@](O)(Cc1ccccc1)C(=O)CO. The van der Waals surface area contributed by atoms with Gasteiger partial charge < -0.3 is 20.4 Å². The Morgan fingerprint density at radius 2 is 1.46 bits per heavy atom. The van der Waals surface area contributed by atoms with Crippen molar-refractivity contribution in [2.24, 2.45) is 0 Å². The maximum absolute atomic E-state index is 12.6. The highest BCUT2D eigenvalue weighted by Gasteiger charge is 2.59. The molecule has 0 saturated carbocycles. The summed E-state index contributed by atoms with van der Waals surface area (Å²) in [7, 11) is 0. The standard InChI is InChI=1S/C21H26O5/c1-15(18-11-7-4-8-12-18)21(26,16(2)23)20(25,19(24)14-22)13-17-9-5-3-6-10-17/h3-12,15-16,22-23,25-26H,13-14H2,1-2H3/t15?,16-,20-,21+/m0/s1. The van der Waals surface area contributed by atoms with E-state index in [1.165, 1.54) is 6.92 Å². The maximum Gasteiger partial charge on any atom is 0.193 e. The molecule has 0 heterocycles. The summed E-state index contributed by atoms with van der Waals surface area (Å²) in [5, 5.41) is 42.7. The molecule has 0 radical (unpaired) electrons. The van der Waals surface area contributed by atoms with Gasteiger partial charge in [0, 0.05) is 12.3 Å². The van der Waals surface area contributed by atoms with Crippen LogP contribution in [0.25, 0.3) is 0 Å². The highest BCUT2D eigenvalue weighted by atomic mass is 16.4. The average molecular weight is 358 g/mol. The smallest absolute Gasteiger partial charge is 0.193 e. The van der Waals surface area contributed by atoms with Crippen LogP contribution in [0.4, 0.5) is 0 Å². The lowest BCUT2D eigenvalue weighted by Gasteiger charge is -2.48. The number of carbonyl (C=O) groups excluding carboxylic acids is 1. The van der Waals surface area contributed by atoms with Crippen LogP contribution in [0, 0.1) is 0 Å². The van der Waals surface area contributed by atoms with Crippen LogP contribution in [0.1, 0.15) is 30.9 Å². The van der Waals surface area contributed by atoms with Crippen molar-refractivity contribution in [1.29, 1.82) is 0 Å². The first-order valence-electron chi connectivity index (χ1n) is 8.63. The third-order valence-electron chi connectivity index (χ3n) is 5.17. The van der Waals surface area contributed by atoms with Gasteiger partial charge >= 0.3 is 0 Å². The second-order valence-corrected chi connectivity index (χ2v) is 6.74. The lowest BCUT2D eigenvalue weighted by Crippen LogP contribution is -2.68. The van der Waals surface area contributed by atoms with Gasteiger partial charge in [-0.05, 0) is 18.1 Å². The molecule has 0 aromatic heterocycles. The van der Waals surface area contributed by atoms with Crippen LogP contribution in [0.15, 0.2) is 60.7 Å². The van der Waals surface area contributed by atoms with Crippen molar-refractivity contribution in [3.05, 3.63) is 71.8 Å². The van der Waals surface area contributed by atoms with Gasteiger partial charge in [0.15, 0.2) is 11.4 Å². The molecule has 2 aromatic rings. The molecule has 140 valence electrons. The zero-order valence-electron chi connectivity index (χ0n) is 15.0. The third kappa shape index (κ3) is 3.57. The Kier molecular flexibility index (Phi) is 6.31. The molecule has 26 heavy (non-hydrogen) atoms. The zero-order valence-corrected chi connectivity index (χ0v) is 15.0. The predicted molar refractivity (Wildman–Crippen MR) is 98.7 cm³/mol. The first-order chi connectivity index (χ1) is 12.3. The minimum absolute atomic E-state index is 0.230. The van der Waals surface area contributed by atoms with E-state index in [0.717, 1.165) is 0 Å². The monoisotopic (exact) mass is 358 g/mol. The Morgan fingerprint density at radius 3 is 1.92 bits per heavy atom. The van der Waals surface area contributed by atoms with Gasteiger partial charge in [0.1, 0.15) is 12.2 Å². The minimum atomic E-state index is -2.37. The molecule has 2 aromatic carbocycles. The summed E-state index contributed by atoms with van der Waals surface area (Å²) in [4.78, 5) is 12.6. The van der Waals surface area contributed by atoms with Crippen molar-refractivity contribution < 1.29 is 25.2 Å². The molecule has 0 spiro atoms. The zero-order chi connectivity index (χ0) is 19.4. The van der Waals surface area contributed by atoms with E-state index in [9.17, 15) is 25.2 Å². The van der Waals surface area contributed by atoms with Crippen LogP contribution in [0.3, 0.4) is 0 Å². The van der Waals surface area contributed by atoms with E-state index >= 15 is 0 Å². The molecule has 4 atom stereocenters. The molecule has 0 amide bonds. The summed E-state index contributed by atoms with van der Waals surface area (Å²) in [5.41, 5.74) is -3.31. The molecule has 0 saturated heterocycles. The van der Waals surface area contributed by atoms with Crippen LogP contribution < -0.4 is 0 Å². The van der Waals surface area contributed by atoms with E-state index in [4.69, 9.17) is 0 Å². The molecule has 0 aliphatic carbocycles. The lowest BCUT2D eigenvalue weighted by molar-refractivity contribution is -0.210. The molecule has 2 rings (SSSR count). The third-order valence-corrected chi connectivity index (χ3v) is 5.17. The Labute approximate surface area is 153 Å². The number of aliphatic hydroxyl groups excluding tert-OH is 2. The van der Waals surface area contributed by atoms with Crippen LogP contribution in [-0.2, 0) is 11.2 Å². The number of Topliss-reactive ketones (excluding diaryl/α,β-unsaturated/α-hetero) is 1. The Morgan fingerprint density at radius 1 is 0.962 bits per heavy atom. The van der Waals surface area contributed by atoms with E-state index in [1.807, 2.05) is 6.07 Å². The van der Waals surface area contributed by atoms with E-state index in [1.54, 1.807) is 61.5 Å². The summed E-state index contributed by atoms with van der Waals surface area (Å²) in [6.45, 7) is 2.03. The van der Waals surface area contributed by atoms with E-state index in [-0.39, 0.29) is 6.42 Å². The summed E-state index contributed by atoms with van der Waals surface area (Å²) in [6.07, 6.45) is -1.66. The largest absolute Gasteiger partial charge is 0.390 e. The van der Waals surface area contributed by atoms with Gasteiger partial charge in [-0.25, -0.2) is 0 Å². The molecular weight excluding hydrogens is 332 g/mol. The van der Waals surface area contributed by atoms with E-state index in [0.29, 0.717) is 11.1 Å². The van der Waals surface area contributed by atoms with Gasteiger partial charge in [0.2, 0.25) is 0 Å². The van der Waals surface area contributed by atoms with Crippen molar-refractivity contribution in [3.63, 3.8) is 0 Å². The topological polar surface area (TPSA) is 98.0 Å². The molecule has 0 aliphatic rings. The van der Waals surface area contributed by atoms with E-state index < -0.39 is 35.6 Å². The molecule has 0 bridgehead atoms. The van der Waals surface area contributed by atoms with Crippen molar-refractivity contribution in [2.45, 2.75) is 43.5 Å². The second-order valence-electron chi connectivity index (χ2n) is 6.74. The van der Waals surface area contributed by atoms with Crippen molar-refractivity contribution in [2.75, 3.05) is 6.61 Å². The number of ketones is 1. The van der Waals surface area contributed by atoms with Gasteiger partial charge in [0.25, 0.3) is 0 Å². The van der Waals surface area contributed by atoms with Crippen molar-refractivity contribution in [3.8, 4) is 0 Å². The summed E-state index contributed by atoms with van der Waals surface area (Å²) < 4.78 is 0. The van der Waals surface area contributed by atoms with Gasteiger partial charge in [-0.2, -0.15) is 0 Å². The molecular formula is C21H26O5. The number of carbonyl (C=O) groups is 1. The molecule has 1 unspecified atom stereocenters. The molecule has 4 N–H and O–H groups in total. The minimum Gasteiger partial charge on any atom is -0.390 e. The Hall–Kier alpha value is -2.05. The fraction of sp³-hybridized carbons (Fsp3) is 0.381. The normalized spacial score (nSPS) is 18.4. The Balaban J connectivity index is 2.58. The quantitative estimate of drug-likeness (QED) is 0.572. The van der Waals surface area contributed by atoms with Gasteiger partial charge in [-0.1, -0.05) is 67.6 Å². The number of rotatable bonds is 8. The number of hydrogen-bond acceptors (Lipinski definition) is 5. The number of benzene rings is 2. The fourth-order valence-electron chi connectivity index (χ4n) is 3.55. The van der Waals surface area contributed by atoms with Gasteiger partial charge in [-0.15, -0.1) is 0 Å². The fourth-order valence-corrected chi connectivity index (χ4v) is 3.55. The van der Waals surface area contributed by atoms with Crippen molar-refractivity contribution >= 4 is 5.78 Å². The van der Waals surface area contributed by atoms with Crippen LogP contribution in [0.5, 0.6) is 0 Å². The van der Waals surface area contributed by atoms with Crippen LogP contribution in [0.2, 0.25) is 0 Å². The molecule has 5 heteroatoms. The summed E-state index contributed by atoms with van der Waals surface area (Å²) in [5.74, 6) is -1.71. The van der Waals surface area contributed by atoms with Gasteiger partial charge in [-0.3, -0.25) is 4.79 Å². The summed E-state index contributed by atoms with van der Waals surface area (Å²) in [6, 6.07) is 17.6. The van der Waals surface area contributed by atoms with Crippen LogP contribution in [-0.4, -0.2) is 50.1 Å². The summed E-state index contributed by atoms with van der Waals surface area (Å²) >= 11 is 0. The average Bonchev–Trinajstić information content (AvgIpc) is 2.67. The van der Waals surface area contributed by atoms with Crippen molar-refractivity contribution in [1.82, 2.24) is 0 Å². The second kappa shape index (κ2) is 8.10.